The fraction of sp³-hybridized carbons (Fsp3) is 0.353. The normalized spacial score (nSPS) is 10.8. The number of hydrogen-bond donors (Lipinski definition) is 3. The molecule has 4 N–H and O–H groups in total. The van der Waals surface area contributed by atoms with E-state index >= 15 is 0 Å². The Hall–Kier alpha value is -1.03. The molecule has 8 nitrogen and oxygen atoms in total. The van der Waals surface area contributed by atoms with Gasteiger partial charge in [-0.25, -0.2) is 0 Å². The number of nitrogens with one attached hydrogen (secondary N) is 2. The van der Waals surface area contributed by atoms with Gasteiger partial charge in [0, 0.05) is 0 Å². The van der Waals surface area contributed by atoms with Crippen molar-refractivity contribution in [2.24, 2.45) is 11.7 Å². The molecule has 0 bridgehead atoms. The van der Waals surface area contributed by atoms with E-state index in [1.165, 1.54) is 0 Å². The maximum atomic E-state index is 11.3. The second-order valence-corrected chi connectivity index (χ2v) is 5.63. The summed E-state index contributed by atoms with van der Waals surface area (Å²) >= 11 is 0. The zero-order chi connectivity index (χ0) is 19.0. The third kappa shape index (κ3) is 10.2. The standard InChI is InChI=1S/C17H23N3O5.2Na/c1-10(2)14(16(23)24)13(15(21)22)9-11-3-5-12(6-4-11)25-8-7-20-17(18)19;;/h3-6,10H,7-9H2,1-2H3,(H,21,22)(H,23,24)(H4,18,19,20);;/q;2*+1/p-2/b14-13-;;. The van der Waals surface area contributed by atoms with Gasteiger partial charge in [0.15, 0.2) is 5.96 Å². The number of hydrogen-bond acceptors (Lipinski definition) is 6. The first kappa shape index (κ1) is 28.2. The molecule has 0 radical (unpaired) electrons. The molecule has 0 saturated carbocycles. The van der Waals surface area contributed by atoms with Crippen LogP contribution in [0.2, 0.25) is 0 Å². The largest absolute Gasteiger partial charge is 1.00 e. The Labute approximate surface area is 202 Å². The molecule has 1 aromatic rings. The van der Waals surface area contributed by atoms with E-state index in [1.807, 2.05) is 0 Å². The van der Waals surface area contributed by atoms with Crippen molar-refractivity contribution >= 4 is 17.9 Å². The molecule has 27 heavy (non-hydrogen) atoms. The Kier molecular flexibility index (Phi) is 14.7. The molecule has 0 aliphatic heterocycles. The van der Waals surface area contributed by atoms with Gasteiger partial charge in [-0.3, -0.25) is 5.41 Å². The molecule has 1 rings (SSSR count). The number of rotatable bonds is 9. The van der Waals surface area contributed by atoms with E-state index in [-0.39, 0.29) is 82.6 Å². The summed E-state index contributed by atoms with van der Waals surface area (Å²) in [6.07, 6.45) is -0.0873. The molecule has 0 unspecified atom stereocenters. The van der Waals surface area contributed by atoms with Gasteiger partial charge in [-0.15, -0.1) is 0 Å². The Bertz CT molecular complexity index is 676. The van der Waals surface area contributed by atoms with Crippen LogP contribution in [0.15, 0.2) is 35.4 Å². The minimum Gasteiger partial charge on any atom is -0.545 e. The number of ether oxygens (including phenoxy) is 1. The smallest absolute Gasteiger partial charge is 0.545 e. The van der Waals surface area contributed by atoms with E-state index in [9.17, 15) is 19.8 Å². The number of guanidine groups is 1. The molecule has 0 aliphatic carbocycles. The molecule has 0 aliphatic rings. The Morgan fingerprint density at radius 2 is 1.70 bits per heavy atom. The zero-order valence-corrected chi connectivity index (χ0v) is 20.1. The maximum Gasteiger partial charge on any atom is 1.00 e. The van der Waals surface area contributed by atoms with Crippen LogP contribution in [0.1, 0.15) is 19.4 Å². The van der Waals surface area contributed by atoms with Gasteiger partial charge in [-0.05, 0) is 41.2 Å². The Balaban J connectivity index is 0. The first-order chi connectivity index (χ1) is 11.7. The molecular weight excluding hydrogens is 372 g/mol. The Morgan fingerprint density at radius 1 is 1.15 bits per heavy atom. The number of nitrogens with two attached hydrogens (primary N) is 1. The van der Waals surface area contributed by atoms with Crippen molar-refractivity contribution in [1.82, 2.24) is 5.32 Å². The van der Waals surface area contributed by atoms with Gasteiger partial charge in [-0.1, -0.05) is 26.0 Å². The van der Waals surface area contributed by atoms with Crippen molar-refractivity contribution in [1.29, 1.82) is 5.41 Å². The van der Waals surface area contributed by atoms with Crippen LogP contribution in [0, 0.1) is 11.3 Å². The van der Waals surface area contributed by atoms with Crippen LogP contribution in [-0.2, 0) is 16.0 Å². The summed E-state index contributed by atoms with van der Waals surface area (Å²) in [5.41, 5.74) is 5.18. The summed E-state index contributed by atoms with van der Waals surface area (Å²) in [5, 5.41) is 32.2. The molecule has 0 fully saturated rings. The summed E-state index contributed by atoms with van der Waals surface area (Å²) in [6.45, 7) is 3.84. The van der Waals surface area contributed by atoms with Crippen molar-refractivity contribution in [3.05, 3.63) is 41.0 Å². The monoisotopic (exact) mass is 393 g/mol. The van der Waals surface area contributed by atoms with Gasteiger partial charge in [0.2, 0.25) is 0 Å². The first-order valence-electron chi connectivity index (χ1n) is 7.67. The van der Waals surface area contributed by atoms with Gasteiger partial charge >= 0.3 is 59.1 Å². The van der Waals surface area contributed by atoms with Gasteiger partial charge in [0.25, 0.3) is 0 Å². The SMILES string of the molecule is CC(C)/C(C(=O)[O-])=C(\Cc1ccc(OCCNC(=N)N)cc1)C(=O)[O-].[Na+].[Na+]. The summed E-state index contributed by atoms with van der Waals surface area (Å²) in [4.78, 5) is 22.5. The van der Waals surface area contributed by atoms with Crippen LogP contribution >= 0.6 is 0 Å². The summed E-state index contributed by atoms with van der Waals surface area (Å²) in [5.74, 6) is -3.13. The van der Waals surface area contributed by atoms with Crippen molar-refractivity contribution in [2.45, 2.75) is 20.3 Å². The third-order valence-electron chi connectivity index (χ3n) is 3.36. The predicted octanol–water partition coefficient (Wildman–Crippen LogP) is -7.45. The van der Waals surface area contributed by atoms with Gasteiger partial charge < -0.3 is 35.6 Å². The molecule has 0 saturated heterocycles. The van der Waals surface area contributed by atoms with E-state index in [1.54, 1.807) is 38.1 Å². The van der Waals surface area contributed by atoms with Crippen LogP contribution in [0.25, 0.3) is 0 Å². The van der Waals surface area contributed by atoms with Crippen molar-refractivity contribution in [3.63, 3.8) is 0 Å². The molecule has 10 heteroatoms. The second-order valence-electron chi connectivity index (χ2n) is 5.63. The number of benzene rings is 1. The van der Waals surface area contributed by atoms with E-state index < -0.39 is 17.9 Å². The topological polar surface area (TPSA) is 151 Å². The molecule has 1 aromatic carbocycles. The van der Waals surface area contributed by atoms with Crippen molar-refractivity contribution in [3.8, 4) is 5.75 Å². The first-order valence-corrected chi connectivity index (χ1v) is 7.67. The Morgan fingerprint density at radius 3 is 2.11 bits per heavy atom. The van der Waals surface area contributed by atoms with Crippen LogP contribution in [0.3, 0.4) is 0 Å². The van der Waals surface area contributed by atoms with Gasteiger partial charge in [0.05, 0.1) is 18.5 Å². The number of carboxylic acids is 2. The minimum absolute atomic E-state index is 0. The van der Waals surface area contributed by atoms with Crippen molar-refractivity contribution in [2.75, 3.05) is 13.2 Å². The molecule has 0 spiro atoms. The van der Waals surface area contributed by atoms with Crippen molar-refractivity contribution < 1.29 is 83.7 Å². The average Bonchev–Trinajstić information content (AvgIpc) is 2.51. The van der Waals surface area contributed by atoms with Crippen LogP contribution in [-0.4, -0.2) is 31.0 Å². The third-order valence-corrected chi connectivity index (χ3v) is 3.36. The number of aliphatic carboxylic acids is 2. The van der Waals surface area contributed by atoms with E-state index in [0.717, 1.165) is 0 Å². The summed E-state index contributed by atoms with van der Waals surface area (Å²) < 4.78 is 5.43. The van der Waals surface area contributed by atoms with E-state index in [0.29, 0.717) is 24.5 Å². The summed E-state index contributed by atoms with van der Waals surface area (Å²) in [6, 6.07) is 6.57. The predicted molar refractivity (Wildman–Crippen MR) is 87.4 cm³/mol. The number of carbonyl (C=O) groups excluding carboxylic acids is 2. The van der Waals surface area contributed by atoms with Crippen LogP contribution in [0.4, 0.5) is 0 Å². The fourth-order valence-electron chi connectivity index (χ4n) is 2.25. The zero-order valence-electron chi connectivity index (χ0n) is 16.1. The van der Waals surface area contributed by atoms with Crippen LogP contribution < -0.4 is 85.1 Å². The van der Waals surface area contributed by atoms with Crippen LogP contribution in [0.5, 0.6) is 5.75 Å². The van der Waals surface area contributed by atoms with Gasteiger partial charge in [0.1, 0.15) is 12.4 Å². The van der Waals surface area contributed by atoms with E-state index in [2.05, 4.69) is 5.32 Å². The molecule has 0 heterocycles. The number of carboxylic acid groups (broad SMARTS) is 2. The van der Waals surface area contributed by atoms with E-state index in [4.69, 9.17) is 15.9 Å². The molecule has 0 atom stereocenters. The molecule has 136 valence electrons. The quantitative estimate of drug-likeness (QED) is 0.124. The average molecular weight is 393 g/mol. The minimum atomic E-state index is -1.52. The second kappa shape index (κ2) is 14.0. The molecule has 0 amide bonds. The van der Waals surface area contributed by atoms with Gasteiger partial charge in [-0.2, -0.15) is 0 Å². The molecular formula is C17H21N3Na2O5. The number of carbonyl (C=O) groups is 2. The summed E-state index contributed by atoms with van der Waals surface area (Å²) in [7, 11) is 0. The maximum absolute atomic E-state index is 11.3. The fourth-order valence-corrected chi connectivity index (χ4v) is 2.25. The molecule has 0 aromatic heterocycles.